The molecule has 6 nitrogen and oxygen atoms in total. The highest BCUT2D eigenvalue weighted by Gasteiger charge is 2.23. The van der Waals surface area contributed by atoms with Gasteiger partial charge in [-0.2, -0.15) is 0 Å². The molecule has 1 heterocycles. The van der Waals surface area contributed by atoms with E-state index >= 15 is 0 Å². The highest BCUT2D eigenvalue weighted by molar-refractivity contribution is 9.10. The number of esters is 1. The van der Waals surface area contributed by atoms with Gasteiger partial charge < -0.3 is 15.4 Å². The van der Waals surface area contributed by atoms with E-state index < -0.39 is 11.7 Å². The highest BCUT2D eigenvalue weighted by atomic mass is 79.9. The maximum Gasteiger partial charge on any atom is 0.320 e. The number of nitrogens with two attached hydrogens (primary N) is 1. The number of rotatable bonds is 5. The second-order valence-electron chi connectivity index (χ2n) is 5.57. The molecule has 0 aromatic heterocycles. The van der Waals surface area contributed by atoms with Crippen molar-refractivity contribution in [2.45, 2.75) is 13.3 Å². The normalized spacial score (nSPS) is 15.9. The van der Waals surface area contributed by atoms with Crippen molar-refractivity contribution in [1.82, 2.24) is 4.90 Å². The number of ether oxygens (including phenoxy) is 1. The van der Waals surface area contributed by atoms with Crippen molar-refractivity contribution in [1.29, 1.82) is 0 Å². The molecule has 1 saturated heterocycles. The van der Waals surface area contributed by atoms with Crippen LogP contribution in [0.15, 0.2) is 16.6 Å². The topological polar surface area (TPSA) is 75.9 Å². The molecular weight excluding hydrogens is 381 g/mol. The van der Waals surface area contributed by atoms with Crippen LogP contribution in [0.5, 0.6) is 0 Å². The van der Waals surface area contributed by atoms with E-state index in [2.05, 4.69) is 15.9 Å². The fourth-order valence-corrected chi connectivity index (χ4v) is 3.23. The van der Waals surface area contributed by atoms with Crippen molar-refractivity contribution in [2.24, 2.45) is 5.73 Å². The largest absolute Gasteiger partial charge is 0.465 e. The van der Waals surface area contributed by atoms with Crippen LogP contribution in [0.3, 0.4) is 0 Å². The minimum atomic E-state index is -0.789. The number of carbonyl (C=O) groups is 2. The van der Waals surface area contributed by atoms with Crippen LogP contribution in [0.4, 0.5) is 10.1 Å². The quantitative estimate of drug-likeness (QED) is 0.760. The van der Waals surface area contributed by atoms with E-state index in [0.29, 0.717) is 36.4 Å². The van der Waals surface area contributed by atoms with Gasteiger partial charge in [0, 0.05) is 30.7 Å². The molecule has 1 aliphatic rings. The molecule has 24 heavy (non-hydrogen) atoms. The molecule has 2 N–H and O–H groups in total. The summed E-state index contributed by atoms with van der Waals surface area (Å²) in [6, 6.07) is 2.93. The highest BCUT2D eigenvalue weighted by Crippen LogP contribution is 2.28. The molecule has 0 saturated carbocycles. The molecule has 0 radical (unpaired) electrons. The van der Waals surface area contributed by atoms with Crippen LogP contribution in [-0.2, 0) is 9.53 Å². The van der Waals surface area contributed by atoms with Gasteiger partial charge in [-0.1, -0.05) is 15.9 Å². The first kappa shape index (κ1) is 18.7. The lowest BCUT2D eigenvalue weighted by atomic mass is 10.1. The summed E-state index contributed by atoms with van der Waals surface area (Å²) in [6.45, 7) is 4.93. The van der Waals surface area contributed by atoms with Crippen molar-refractivity contribution in [3.05, 3.63) is 28.0 Å². The third-order valence-electron chi connectivity index (χ3n) is 3.87. The fourth-order valence-electron chi connectivity index (χ4n) is 2.81. The van der Waals surface area contributed by atoms with Gasteiger partial charge in [0.1, 0.15) is 5.82 Å². The van der Waals surface area contributed by atoms with Gasteiger partial charge in [-0.05, 0) is 25.5 Å². The van der Waals surface area contributed by atoms with Gasteiger partial charge in [0.05, 0.1) is 24.4 Å². The van der Waals surface area contributed by atoms with Gasteiger partial charge in [-0.15, -0.1) is 0 Å². The zero-order valence-corrected chi connectivity index (χ0v) is 15.1. The van der Waals surface area contributed by atoms with E-state index in [9.17, 15) is 14.0 Å². The summed E-state index contributed by atoms with van der Waals surface area (Å²) < 4.78 is 19.6. The molecule has 8 heteroatoms. The lowest BCUT2D eigenvalue weighted by molar-refractivity contribution is -0.144. The van der Waals surface area contributed by atoms with Gasteiger partial charge in [-0.25, -0.2) is 4.39 Å². The van der Waals surface area contributed by atoms with Gasteiger partial charge in [0.25, 0.3) is 5.91 Å². The number of hydrogen-bond acceptors (Lipinski definition) is 5. The number of anilines is 1. The Morgan fingerprint density at radius 2 is 2.04 bits per heavy atom. The lowest BCUT2D eigenvalue weighted by Gasteiger charge is -2.25. The van der Waals surface area contributed by atoms with E-state index in [0.717, 1.165) is 13.0 Å². The predicted molar refractivity (Wildman–Crippen MR) is 92.5 cm³/mol. The maximum atomic E-state index is 14.1. The molecule has 0 unspecified atom stereocenters. The van der Waals surface area contributed by atoms with E-state index in [1.165, 1.54) is 6.07 Å². The molecule has 1 aliphatic heterocycles. The molecular formula is C16H21BrFN3O3. The van der Waals surface area contributed by atoms with Gasteiger partial charge in [0.15, 0.2) is 0 Å². The van der Waals surface area contributed by atoms with Crippen LogP contribution in [0, 0.1) is 5.82 Å². The molecule has 1 aromatic rings. The molecule has 2 rings (SSSR count). The Morgan fingerprint density at radius 1 is 1.29 bits per heavy atom. The second kappa shape index (κ2) is 8.43. The predicted octanol–water partition coefficient (Wildman–Crippen LogP) is 1.76. The average Bonchev–Trinajstić information content (AvgIpc) is 2.71. The average molecular weight is 402 g/mol. The zero-order chi connectivity index (χ0) is 17.7. The van der Waals surface area contributed by atoms with Crippen molar-refractivity contribution >= 4 is 33.5 Å². The van der Waals surface area contributed by atoms with Crippen LogP contribution in [0.2, 0.25) is 0 Å². The molecule has 0 spiro atoms. The number of benzene rings is 1. The minimum absolute atomic E-state index is 0.1000. The van der Waals surface area contributed by atoms with Crippen molar-refractivity contribution in [3.8, 4) is 0 Å². The lowest BCUT2D eigenvalue weighted by Crippen LogP contribution is -2.35. The maximum absolute atomic E-state index is 14.1. The molecule has 1 aromatic carbocycles. The van der Waals surface area contributed by atoms with Crippen molar-refractivity contribution in [2.75, 3.05) is 44.2 Å². The molecule has 132 valence electrons. The van der Waals surface area contributed by atoms with Crippen LogP contribution >= 0.6 is 15.9 Å². The molecule has 0 bridgehead atoms. The Kier molecular flexibility index (Phi) is 6.56. The van der Waals surface area contributed by atoms with E-state index in [1.54, 1.807) is 13.0 Å². The van der Waals surface area contributed by atoms with Crippen molar-refractivity contribution in [3.63, 3.8) is 0 Å². The van der Waals surface area contributed by atoms with Gasteiger partial charge in [0.2, 0.25) is 0 Å². The fraction of sp³-hybridized carbons (Fsp3) is 0.500. The van der Waals surface area contributed by atoms with Gasteiger partial charge >= 0.3 is 5.97 Å². The van der Waals surface area contributed by atoms with Crippen LogP contribution in [0.1, 0.15) is 23.7 Å². The molecule has 1 fully saturated rings. The SMILES string of the molecule is CCOC(=O)CN1CCCN(c2cc(Br)cc(F)c2C(N)=O)CC1. The Balaban J connectivity index is 2.14. The molecule has 0 aliphatic carbocycles. The Labute approximate surface area is 148 Å². The van der Waals surface area contributed by atoms with Crippen LogP contribution in [-0.4, -0.2) is 56.1 Å². The number of halogens is 2. The summed E-state index contributed by atoms with van der Waals surface area (Å²) in [5.74, 6) is -1.68. The third-order valence-corrected chi connectivity index (χ3v) is 4.33. The standard InChI is InChI=1S/C16H21BrFN3O3/c1-2-24-14(22)10-20-4-3-5-21(7-6-20)13-9-11(17)8-12(18)15(13)16(19)23/h8-9H,2-7,10H2,1H3,(H2,19,23). The first-order valence-electron chi connectivity index (χ1n) is 7.84. The monoisotopic (exact) mass is 401 g/mol. The molecule has 1 amide bonds. The third kappa shape index (κ3) is 4.67. The number of amides is 1. The number of primary amides is 1. The smallest absolute Gasteiger partial charge is 0.320 e. The summed E-state index contributed by atoms with van der Waals surface area (Å²) in [5, 5.41) is 0. The Hall–Kier alpha value is -1.67. The first-order chi connectivity index (χ1) is 11.4. The second-order valence-corrected chi connectivity index (χ2v) is 6.48. The number of nitrogens with zero attached hydrogens (tertiary/aromatic N) is 2. The van der Waals surface area contributed by atoms with E-state index in [1.807, 2.05) is 9.80 Å². The van der Waals surface area contributed by atoms with Crippen molar-refractivity contribution < 1.29 is 18.7 Å². The summed E-state index contributed by atoms with van der Waals surface area (Å²) in [5.41, 5.74) is 5.72. The number of carbonyl (C=O) groups excluding carboxylic acids is 2. The van der Waals surface area contributed by atoms with E-state index in [-0.39, 0.29) is 18.1 Å². The molecule has 0 atom stereocenters. The minimum Gasteiger partial charge on any atom is -0.465 e. The van der Waals surface area contributed by atoms with Gasteiger partial charge in [-0.3, -0.25) is 14.5 Å². The summed E-state index contributed by atoms with van der Waals surface area (Å²) in [7, 11) is 0. The summed E-state index contributed by atoms with van der Waals surface area (Å²) in [4.78, 5) is 27.2. The summed E-state index contributed by atoms with van der Waals surface area (Å²) >= 11 is 3.25. The Bertz CT molecular complexity index is 627. The summed E-state index contributed by atoms with van der Waals surface area (Å²) in [6.07, 6.45) is 0.783. The Morgan fingerprint density at radius 3 is 2.71 bits per heavy atom. The number of hydrogen-bond donors (Lipinski definition) is 1. The first-order valence-corrected chi connectivity index (χ1v) is 8.63. The van der Waals surface area contributed by atoms with Crippen LogP contribution < -0.4 is 10.6 Å². The zero-order valence-electron chi connectivity index (χ0n) is 13.6. The van der Waals surface area contributed by atoms with E-state index in [4.69, 9.17) is 10.5 Å². The van der Waals surface area contributed by atoms with Crippen LogP contribution in [0.25, 0.3) is 0 Å².